The van der Waals surface area contributed by atoms with Crippen LogP contribution >= 0.6 is 0 Å². The molecule has 1 heteroatoms. The molecule has 0 aromatic heterocycles. The van der Waals surface area contributed by atoms with E-state index in [0.29, 0.717) is 0 Å². The second kappa shape index (κ2) is 2.58. The van der Waals surface area contributed by atoms with Gasteiger partial charge < -0.3 is 0 Å². The molecule has 54 valence electrons. The largest absolute Gasteiger partial charge is 0.107 e. The van der Waals surface area contributed by atoms with E-state index in [1.165, 1.54) is 0 Å². The molecule has 0 amide bonds. The molecule has 0 N–H and O–H groups in total. The van der Waals surface area contributed by atoms with E-state index in [1.807, 2.05) is 0 Å². The van der Waals surface area contributed by atoms with Crippen molar-refractivity contribution in [2.75, 3.05) is 0 Å². The number of allylic oxidation sites excluding steroid dienone is 4. The smallest absolute Gasteiger partial charge is 0.0988 e. The highest BCUT2D eigenvalue weighted by molar-refractivity contribution is 6.88. The molecule has 0 radical (unpaired) electrons. The molecule has 0 nitrogen and oxygen atoms in total. The maximum Gasteiger partial charge on any atom is 0.0988 e. The van der Waals surface area contributed by atoms with Crippen LogP contribution in [0, 0.1) is 0 Å². The molecule has 0 unspecified atom stereocenters. The molecule has 0 heterocycles. The zero-order valence-electron chi connectivity index (χ0n) is 6.72. The molecule has 0 spiro atoms. The average molecular weight is 150 g/mol. The van der Waals surface area contributed by atoms with Crippen molar-refractivity contribution in [1.29, 1.82) is 0 Å². The van der Waals surface area contributed by atoms with E-state index >= 15 is 0 Å². The molecular formula is C9H14Si. The van der Waals surface area contributed by atoms with Crippen molar-refractivity contribution in [3.8, 4) is 0 Å². The lowest BCUT2D eigenvalue weighted by molar-refractivity contribution is 1.36. The highest BCUT2D eigenvalue weighted by atomic mass is 28.3. The summed E-state index contributed by atoms with van der Waals surface area (Å²) >= 11 is 0. The van der Waals surface area contributed by atoms with Crippen LogP contribution in [-0.2, 0) is 0 Å². The first-order valence-electron chi connectivity index (χ1n) is 3.66. The number of hydrogen-bond donors (Lipinski definition) is 0. The minimum absolute atomic E-state index is 1.16. The lowest BCUT2D eigenvalue weighted by Gasteiger charge is -2.18. The standard InChI is InChI=1S/C9H14Si/c1-4-10(2,3)9-7-5-6-8-9/h4-7H,1,8H2,2-3H3. The van der Waals surface area contributed by atoms with Gasteiger partial charge in [0.15, 0.2) is 0 Å². The van der Waals surface area contributed by atoms with Crippen LogP contribution in [0.2, 0.25) is 13.1 Å². The Morgan fingerprint density at radius 3 is 2.70 bits per heavy atom. The van der Waals surface area contributed by atoms with E-state index in [4.69, 9.17) is 0 Å². The zero-order chi connectivity index (χ0) is 7.61. The fourth-order valence-corrected chi connectivity index (χ4v) is 2.49. The fourth-order valence-electron chi connectivity index (χ4n) is 1.06. The molecule has 1 rings (SSSR count). The van der Waals surface area contributed by atoms with Crippen LogP contribution in [0.15, 0.2) is 35.7 Å². The monoisotopic (exact) mass is 150 g/mol. The van der Waals surface area contributed by atoms with Crippen LogP contribution in [0.1, 0.15) is 6.42 Å². The van der Waals surface area contributed by atoms with Crippen molar-refractivity contribution in [1.82, 2.24) is 0 Å². The summed E-state index contributed by atoms with van der Waals surface area (Å²) in [5.41, 5.74) is 2.14. The molecule has 0 saturated carbocycles. The summed E-state index contributed by atoms with van der Waals surface area (Å²) in [6.07, 6.45) is 7.76. The van der Waals surface area contributed by atoms with Gasteiger partial charge in [0.25, 0.3) is 0 Å². The first-order chi connectivity index (χ1) is 4.67. The second-order valence-electron chi connectivity index (χ2n) is 3.25. The van der Waals surface area contributed by atoms with Gasteiger partial charge in [-0.2, -0.15) is 0 Å². The Morgan fingerprint density at radius 1 is 1.60 bits per heavy atom. The molecule has 0 aliphatic heterocycles. The van der Waals surface area contributed by atoms with E-state index in [1.54, 1.807) is 5.20 Å². The molecule has 1 aliphatic carbocycles. The van der Waals surface area contributed by atoms with Gasteiger partial charge in [0.1, 0.15) is 0 Å². The van der Waals surface area contributed by atoms with Crippen LogP contribution < -0.4 is 0 Å². The SMILES string of the molecule is C=C[Si](C)(C)C1=CC=CC1. The van der Waals surface area contributed by atoms with Gasteiger partial charge in [0.05, 0.1) is 8.07 Å². The van der Waals surface area contributed by atoms with Gasteiger partial charge in [-0.15, -0.1) is 6.58 Å². The van der Waals surface area contributed by atoms with E-state index in [-0.39, 0.29) is 0 Å². The Morgan fingerprint density at radius 2 is 2.30 bits per heavy atom. The maximum absolute atomic E-state index is 3.87. The minimum Gasteiger partial charge on any atom is -0.107 e. The summed E-state index contributed by atoms with van der Waals surface area (Å²) < 4.78 is 0. The van der Waals surface area contributed by atoms with Crippen molar-refractivity contribution < 1.29 is 0 Å². The Labute approximate surface area is 64.0 Å². The number of hydrogen-bond acceptors (Lipinski definition) is 0. The average Bonchev–Trinajstić information content (AvgIpc) is 2.38. The highest BCUT2D eigenvalue weighted by Crippen LogP contribution is 2.23. The van der Waals surface area contributed by atoms with Gasteiger partial charge in [0.2, 0.25) is 0 Å². The first-order valence-corrected chi connectivity index (χ1v) is 6.74. The summed E-state index contributed by atoms with van der Waals surface area (Å²) in [4.78, 5) is 0. The van der Waals surface area contributed by atoms with E-state index in [0.717, 1.165) is 6.42 Å². The van der Waals surface area contributed by atoms with Crippen molar-refractivity contribution >= 4 is 8.07 Å². The number of rotatable bonds is 2. The third-order valence-electron chi connectivity index (χ3n) is 2.11. The lowest BCUT2D eigenvalue weighted by atomic mass is 10.5. The van der Waals surface area contributed by atoms with Crippen LogP contribution in [0.25, 0.3) is 0 Å². The Hall–Kier alpha value is -0.563. The first kappa shape index (κ1) is 7.54. The van der Waals surface area contributed by atoms with E-state index < -0.39 is 8.07 Å². The predicted molar refractivity (Wildman–Crippen MR) is 49.5 cm³/mol. The van der Waals surface area contributed by atoms with Gasteiger partial charge >= 0.3 is 0 Å². The van der Waals surface area contributed by atoms with Crippen molar-refractivity contribution in [3.63, 3.8) is 0 Å². The van der Waals surface area contributed by atoms with Gasteiger partial charge in [-0.3, -0.25) is 0 Å². The van der Waals surface area contributed by atoms with Crippen molar-refractivity contribution in [2.24, 2.45) is 0 Å². The van der Waals surface area contributed by atoms with Crippen LogP contribution in [0.4, 0.5) is 0 Å². The van der Waals surface area contributed by atoms with Crippen LogP contribution in [0.5, 0.6) is 0 Å². The molecule has 0 aromatic rings. The quantitative estimate of drug-likeness (QED) is 0.531. The maximum atomic E-state index is 3.87. The topological polar surface area (TPSA) is 0 Å². The minimum atomic E-state index is -1.18. The molecule has 0 saturated heterocycles. The van der Waals surface area contributed by atoms with Crippen molar-refractivity contribution in [3.05, 3.63) is 35.7 Å². The predicted octanol–water partition coefficient (Wildman–Crippen LogP) is 2.85. The molecule has 0 aromatic carbocycles. The lowest BCUT2D eigenvalue weighted by Crippen LogP contribution is -2.25. The Bertz CT molecular complexity index is 197. The van der Waals surface area contributed by atoms with E-state index in [9.17, 15) is 0 Å². The van der Waals surface area contributed by atoms with Gasteiger partial charge in [-0.05, 0) is 6.42 Å². The normalized spacial score (nSPS) is 17.2. The molecule has 10 heavy (non-hydrogen) atoms. The zero-order valence-corrected chi connectivity index (χ0v) is 7.72. The molecule has 0 bridgehead atoms. The van der Waals surface area contributed by atoms with Gasteiger partial charge in [-0.1, -0.05) is 42.2 Å². The molecule has 1 aliphatic rings. The summed E-state index contributed by atoms with van der Waals surface area (Å²) in [6, 6.07) is 0. The Balaban J connectivity index is 2.74. The summed E-state index contributed by atoms with van der Waals surface area (Å²) in [5.74, 6) is 0. The second-order valence-corrected chi connectivity index (χ2v) is 7.74. The van der Waals surface area contributed by atoms with Gasteiger partial charge in [-0.25, -0.2) is 0 Å². The van der Waals surface area contributed by atoms with Crippen LogP contribution in [0.3, 0.4) is 0 Å². The molecule has 0 fully saturated rings. The Kier molecular flexibility index (Phi) is 1.95. The summed E-state index contributed by atoms with van der Waals surface area (Å²) in [7, 11) is -1.18. The van der Waals surface area contributed by atoms with Gasteiger partial charge in [0, 0.05) is 0 Å². The molecular weight excluding hydrogens is 136 g/mol. The summed E-state index contributed by atoms with van der Waals surface area (Å²) in [5, 5.41) is 1.60. The fraction of sp³-hybridized carbons (Fsp3) is 0.333. The third kappa shape index (κ3) is 1.29. The summed E-state index contributed by atoms with van der Waals surface area (Å²) in [6.45, 7) is 8.53. The van der Waals surface area contributed by atoms with Crippen molar-refractivity contribution in [2.45, 2.75) is 19.5 Å². The van der Waals surface area contributed by atoms with E-state index in [2.05, 4.69) is 43.6 Å². The highest BCUT2D eigenvalue weighted by Gasteiger charge is 2.21. The molecule has 0 atom stereocenters. The third-order valence-corrected chi connectivity index (χ3v) is 5.16. The van der Waals surface area contributed by atoms with Crippen LogP contribution in [-0.4, -0.2) is 8.07 Å².